The molecule has 0 saturated heterocycles. The average molecular weight is 417 g/mol. The highest BCUT2D eigenvalue weighted by atomic mass is 32.1. The summed E-state index contributed by atoms with van der Waals surface area (Å²) in [6, 6.07) is 2.71. The Balaban J connectivity index is 1.34. The van der Waals surface area contributed by atoms with Crippen molar-refractivity contribution in [1.82, 2.24) is 0 Å². The van der Waals surface area contributed by atoms with Crippen molar-refractivity contribution in [1.29, 1.82) is 0 Å². The number of thiophene rings is 2. The molecule has 2 aromatic rings. The van der Waals surface area contributed by atoms with E-state index in [1.807, 2.05) is 11.3 Å². The van der Waals surface area contributed by atoms with Gasteiger partial charge in [0.15, 0.2) is 6.54 Å². The fourth-order valence-electron chi connectivity index (χ4n) is 4.99. The van der Waals surface area contributed by atoms with Gasteiger partial charge in [0.1, 0.15) is 11.0 Å². The molecule has 2 amide bonds. The lowest BCUT2D eigenvalue weighted by Gasteiger charge is -2.32. The summed E-state index contributed by atoms with van der Waals surface area (Å²) in [6.07, 6.45) is 7.70. The van der Waals surface area contributed by atoms with Gasteiger partial charge in [-0.05, 0) is 55.5 Å². The number of amides is 2. The van der Waals surface area contributed by atoms with Crippen LogP contribution in [-0.4, -0.2) is 24.9 Å². The number of carbonyl (C=O) groups is 2. The molecule has 28 heavy (non-hydrogen) atoms. The van der Waals surface area contributed by atoms with Crippen LogP contribution in [0.1, 0.15) is 63.0 Å². The summed E-state index contributed by atoms with van der Waals surface area (Å²) in [7, 11) is 0. The third-order valence-corrected chi connectivity index (χ3v) is 8.58. The first-order valence-corrected chi connectivity index (χ1v) is 12.0. The van der Waals surface area contributed by atoms with Crippen LogP contribution in [0.3, 0.4) is 0 Å². The van der Waals surface area contributed by atoms with Gasteiger partial charge in [0.2, 0.25) is 0 Å². The number of primary amides is 1. The molecule has 1 aliphatic heterocycles. The molecule has 0 aromatic carbocycles. The van der Waals surface area contributed by atoms with Gasteiger partial charge >= 0.3 is 0 Å². The Morgan fingerprint density at radius 2 is 2.00 bits per heavy atom. The molecule has 2 aromatic heterocycles. The van der Waals surface area contributed by atoms with E-state index in [4.69, 9.17) is 5.73 Å². The average Bonchev–Trinajstić information content (AvgIpc) is 3.26. The minimum Gasteiger partial charge on any atom is -0.365 e. The third kappa shape index (κ3) is 3.29. The number of carbonyl (C=O) groups excluding carboxylic acids is 2. The lowest BCUT2D eigenvalue weighted by molar-refractivity contribution is -0.928. The second-order valence-electron chi connectivity index (χ2n) is 8.28. The molecule has 1 saturated carbocycles. The third-order valence-electron chi connectivity index (χ3n) is 6.38. The van der Waals surface area contributed by atoms with Crippen LogP contribution >= 0.6 is 22.7 Å². The Labute approximate surface area is 172 Å². The predicted octanol–water partition coefficient (Wildman–Crippen LogP) is 2.32. The van der Waals surface area contributed by atoms with E-state index in [0.29, 0.717) is 29.1 Å². The molecule has 7 heteroatoms. The molecule has 0 radical (unpaired) electrons. The second-order valence-corrected chi connectivity index (χ2v) is 10.4. The molecule has 4 N–H and O–H groups in total. The maximum absolute atomic E-state index is 12.9. The second kappa shape index (κ2) is 7.28. The number of anilines is 1. The Morgan fingerprint density at radius 1 is 1.18 bits per heavy atom. The molecule has 0 spiro atoms. The zero-order valence-corrected chi connectivity index (χ0v) is 17.5. The first-order chi connectivity index (χ1) is 13.6. The Kier molecular flexibility index (Phi) is 4.77. The highest BCUT2D eigenvalue weighted by Gasteiger charge is 2.43. The maximum Gasteiger partial charge on any atom is 0.280 e. The van der Waals surface area contributed by atoms with Crippen LogP contribution in [-0.2, 0) is 24.1 Å². The number of aryl methyl sites for hydroxylation is 1. The highest BCUT2D eigenvalue weighted by molar-refractivity contribution is 7.17. The summed E-state index contributed by atoms with van der Waals surface area (Å²) >= 11 is 3.40. The SMILES string of the molecule is NC(=O)c1c(NC(=O)C[NH+]2CCc3sccc3[C@H]2C2CC2)sc2c1CCCC2. The van der Waals surface area contributed by atoms with E-state index in [0.717, 1.165) is 44.2 Å². The largest absolute Gasteiger partial charge is 0.365 e. The fourth-order valence-corrected chi connectivity index (χ4v) is 7.23. The fraction of sp³-hybridized carbons (Fsp3) is 0.524. The van der Waals surface area contributed by atoms with Crippen LogP contribution in [0.25, 0.3) is 0 Å². The van der Waals surface area contributed by atoms with E-state index in [1.165, 1.54) is 33.1 Å². The standard InChI is InChI=1S/C21H25N3O2S2/c22-20(26)18-13-3-1-2-4-16(13)28-21(18)23-17(25)11-24-9-7-15-14(8-10-27-15)19(24)12-5-6-12/h8,10,12,19H,1-7,9,11H2,(H2,22,26)(H,23,25)/p+1/t19-/m1/s1. The van der Waals surface area contributed by atoms with Crippen LogP contribution in [0.4, 0.5) is 5.00 Å². The number of quaternary nitrogens is 1. The molecule has 2 atom stereocenters. The van der Waals surface area contributed by atoms with Crippen LogP contribution in [0.2, 0.25) is 0 Å². The first kappa shape index (κ1) is 18.3. The molecule has 148 valence electrons. The Hall–Kier alpha value is -1.70. The number of nitrogens with one attached hydrogen (secondary N) is 2. The van der Waals surface area contributed by atoms with Crippen molar-refractivity contribution in [2.45, 2.75) is 51.0 Å². The minimum atomic E-state index is -0.418. The Bertz CT molecular complexity index is 928. The van der Waals surface area contributed by atoms with Gasteiger partial charge in [0.25, 0.3) is 11.8 Å². The van der Waals surface area contributed by atoms with Crippen molar-refractivity contribution in [2.24, 2.45) is 11.7 Å². The molecule has 1 fully saturated rings. The molecule has 0 bridgehead atoms. The highest BCUT2D eigenvalue weighted by Crippen LogP contribution is 2.42. The van der Waals surface area contributed by atoms with Crippen molar-refractivity contribution in [2.75, 3.05) is 18.4 Å². The number of rotatable bonds is 5. The lowest BCUT2D eigenvalue weighted by Crippen LogP contribution is -3.14. The van der Waals surface area contributed by atoms with Crippen molar-refractivity contribution in [3.8, 4) is 0 Å². The van der Waals surface area contributed by atoms with Crippen LogP contribution < -0.4 is 16.0 Å². The van der Waals surface area contributed by atoms with E-state index >= 15 is 0 Å². The van der Waals surface area contributed by atoms with E-state index in [1.54, 1.807) is 11.3 Å². The summed E-state index contributed by atoms with van der Waals surface area (Å²) in [5.74, 6) is 0.297. The maximum atomic E-state index is 12.9. The smallest absolute Gasteiger partial charge is 0.280 e. The number of hydrogen-bond acceptors (Lipinski definition) is 4. The lowest BCUT2D eigenvalue weighted by atomic mass is 9.95. The molecular formula is C21H26N3O2S2+. The van der Waals surface area contributed by atoms with Gasteiger partial charge in [0.05, 0.1) is 12.1 Å². The number of nitrogens with two attached hydrogens (primary N) is 1. The molecule has 3 heterocycles. The van der Waals surface area contributed by atoms with Crippen molar-refractivity contribution in [3.05, 3.63) is 37.9 Å². The predicted molar refractivity (Wildman–Crippen MR) is 112 cm³/mol. The summed E-state index contributed by atoms with van der Waals surface area (Å²) < 4.78 is 0. The van der Waals surface area contributed by atoms with Gasteiger partial charge in [-0.25, -0.2) is 0 Å². The van der Waals surface area contributed by atoms with Crippen LogP contribution in [0.15, 0.2) is 11.4 Å². The molecule has 2 aliphatic carbocycles. The Morgan fingerprint density at radius 3 is 2.79 bits per heavy atom. The zero-order chi connectivity index (χ0) is 19.3. The van der Waals surface area contributed by atoms with Gasteiger partial charge in [-0.2, -0.15) is 0 Å². The molecule has 3 aliphatic rings. The van der Waals surface area contributed by atoms with Gasteiger partial charge in [-0.15, -0.1) is 22.7 Å². The topological polar surface area (TPSA) is 76.6 Å². The summed E-state index contributed by atoms with van der Waals surface area (Å²) in [6.45, 7) is 1.46. The van der Waals surface area contributed by atoms with Gasteiger partial charge < -0.3 is 16.0 Å². The van der Waals surface area contributed by atoms with Gasteiger partial charge in [-0.3, -0.25) is 9.59 Å². The normalized spacial score (nSPS) is 23.7. The van der Waals surface area contributed by atoms with Gasteiger partial charge in [-0.1, -0.05) is 0 Å². The molecular weight excluding hydrogens is 390 g/mol. The number of hydrogen-bond donors (Lipinski definition) is 3. The van der Waals surface area contributed by atoms with E-state index in [2.05, 4.69) is 16.8 Å². The quantitative estimate of drug-likeness (QED) is 0.700. The first-order valence-electron chi connectivity index (χ1n) is 10.3. The summed E-state index contributed by atoms with van der Waals surface area (Å²) in [5, 5.41) is 5.91. The molecule has 1 unspecified atom stereocenters. The van der Waals surface area contributed by atoms with Crippen LogP contribution in [0.5, 0.6) is 0 Å². The van der Waals surface area contributed by atoms with Gasteiger partial charge in [0, 0.05) is 27.7 Å². The summed E-state index contributed by atoms with van der Waals surface area (Å²) in [4.78, 5) is 29.1. The summed E-state index contributed by atoms with van der Waals surface area (Å²) in [5.41, 5.74) is 8.76. The minimum absolute atomic E-state index is 0.000395. The molecule has 5 nitrogen and oxygen atoms in total. The van der Waals surface area contributed by atoms with E-state index in [9.17, 15) is 9.59 Å². The van der Waals surface area contributed by atoms with Crippen LogP contribution in [0, 0.1) is 5.92 Å². The van der Waals surface area contributed by atoms with Crippen molar-refractivity contribution >= 4 is 39.5 Å². The monoisotopic (exact) mass is 416 g/mol. The van der Waals surface area contributed by atoms with Crippen molar-refractivity contribution < 1.29 is 14.5 Å². The molecule has 5 rings (SSSR count). The zero-order valence-electron chi connectivity index (χ0n) is 15.9. The number of fused-ring (bicyclic) bond motifs is 2. The van der Waals surface area contributed by atoms with Crippen molar-refractivity contribution in [3.63, 3.8) is 0 Å². The van der Waals surface area contributed by atoms with E-state index in [-0.39, 0.29) is 5.91 Å². The van der Waals surface area contributed by atoms with E-state index < -0.39 is 5.91 Å².